The lowest BCUT2D eigenvalue weighted by molar-refractivity contribution is 0.292. The van der Waals surface area contributed by atoms with Crippen LogP contribution in [0.1, 0.15) is 11.1 Å². The third kappa shape index (κ3) is 3.03. The number of nitrogens with one attached hydrogen (secondary N) is 1. The van der Waals surface area contributed by atoms with Crippen molar-refractivity contribution in [1.82, 2.24) is 9.88 Å². The summed E-state index contributed by atoms with van der Waals surface area (Å²) in [5.41, 5.74) is 2.92. The molecule has 0 atom stereocenters. The summed E-state index contributed by atoms with van der Waals surface area (Å²) in [6, 6.07) is 15.0. The third-order valence-electron chi connectivity index (χ3n) is 3.77. The second-order valence-electron chi connectivity index (χ2n) is 5.29. The van der Waals surface area contributed by atoms with Crippen LogP contribution in [0.5, 0.6) is 0 Å². The molecular formula is C18H19FN2O. The number of aliphatic hydroxyl groups excluding tert-OH is 1. The van der Waals surface area contributed by atoms with Crippen molar-refractivity contribution in [3.05, 3.63) is 71.7 Å². The fourth-order valence-electron chi connectivity index (χ4n) is 2.71. The summed E-state index contributed by atoms with van der Waals surface area (Å²) in [5.74, 6) is -0.180. The molecule has 0 amide bonds. The molecule has 0 aliphatic carbocycles. The minimum atomic E-state index is -0.180. The molecule has 0 radical (unpaired) electrons. The number of para-hydroxylation sites is 1. The number of hydrogen-bond donors (Lipinski definition) is 2. The number of rotatable bonds is 6. The SMILES string of the molecule is OCCNCc1cn(Cc2ccccc2F)c2ccccc12. The Morgan fingerprint density at radius 1 is 1.00 bits per heavy atom. The standard InChI is InChI=1S/C18H19FN2O/c19-17-7-3-1-5-14(17)12-21-13-15(11-20-9-10-22)16-6-2-4-8-18(16)21/h1-8,13,20,22H,9-12H2. The lowest BCUT2D eigenvalue weighted by atomic mass is 10.2. The third-order valence-corrected chi connectivity index (χ3v) is 3.77. The Bertz CT molecular complexity index is 767. The van der Waals surface area contributed by atoms with E-state index in [9.17, 15) is 4.39 Å². The van der Waals surface area contributed by atoms with Crippen LogP contribution in [0.4, 0.5) is 4.39 Å². The molecule has 3 aromatic rings. The highest BCUT2D eigenvalue weighted by atomic mass is 19.1. The van der Waals surface area contributed by atoms with Gasteiger partial charge < -0.3 is 15.0 Å². The van der Waals surface area contributed by atoms with Gasteiger partial charge in [-0.05, 0) is 17.7 Å². The lowest BCUT2D eigenvalue weighted by Crippen LogP contribution is -2.17. The molecule has 0 aliphatic rings. The predicted molar refractivity (Wildman–Crippen MR) is 86.2 cm³/mol. The van der Waals surface area contributed by atoms with Crippen molar-refractivity contribution < 1.29 is 9.50 Å². The van der Waals surface area contributed by atoms with E-state index >= 15 is 0 Å². The maximum Gasteiger partial charge on any atom is 0.128 e. The second-order valence-corrected chi connectivity index (χ2v) is 5.29. The molecule has 2 N–H and O–H groups in total. The first-order chi connectivity index (χ1) is 10.8. The van der Waals surface area contributed by atoms with Crippen LogP contribution in [-0.4, -0.2) is 22.8 Å². The van der Waals surface area contributed by atoms with E-state index in [0.717, 1.165) is 16.5 Å². The van der Waals surface area contributed by atoms with Crippen LogP contribution in [-0.2, 0) is 13.1 Å². The van der Waals surface area contributed by atoms with Crippen molar-refractivity contribution in [2.45, 2.75) is 13.1 Å². The predicted octanol–water partition coefficient (Wildman–Crippen LogP) is 2.91. The van der Waals surface area contributed by atoms with Crippen LogP contribution >= 0.6 is 0 Å². The molecule has 3 nitrogen and oxygen atoms in total. The topological polar surface area (TPSA) is 37.2 Å². The zero-order valence-corrected chi connectivity index (χ0v) is 12.3. The van der Waals surface area contributed by atoms with Gasteiger partial charge in [0.05, 0.1) is 13.2 Å². The van der Waals surface area contributed by atoms with Crippen LogP contribution < -0.4 is 5.32 Å². The van der Waals surface area contributed by atoms with Crippen LogP contribution in [0.15, 0.2) is 54.7 Å². The molecule has 0 saturated carbocycles. The zero-order valence-electron chi connectivity index (χ0n) is 12.3. The van der Waals surface area contributed by atoms with E-state index in [0.29, 0.717) is 25.2 Å². The number of hydrogen-bond acceptors (Lipinski definition) is 2. The summed E-state index contributed by atoms with van der Waals surface area (Å²) >= 11 is 0. The van der Waals surface area contributed by atoms with Crippen molar-refractivity contribution in [2.75, 3.05) is 13.2 Å². The molecule has 0 saturated heterocycles. The fraction of sp³-hybridized carbons (Fsp3) is 0.222. The first-order valence-electron chi connectivity index (χ1n) is 7.41. The molecule has 0 bridgehead atoms. The molecule has 22 heavy (non-hydrogen) atoms. The Labute approximate surface area is 129 Å². The van der Waals surface area contributed by atoms with Crippen LogP contribution in [0.3, 0.4) is 0 Å². The summed E-state index contributed by atoms with van der Waals surface area (Å²) in [6.07, 6.45) is 2.06. The molecule has 1 aromatic heterocycles. The molecule has 3 rings (SSSR count). The summed E-state index contributed by atoms with van der Waals surface area (Å²) in [6.45, 7) is 1.87. The van der Waals surface area contributed by atoms with Gasteiger partial charge in [-0.3, -0.25) is 0 Å². The Balaban J connectivity index is 1.94. The van der Waals surface area contributed by atoms with E-state index in [-0.39, 0.29) is 12.4 Å². The van der Waals surface area contributed by atoms with E-state index in [4.69, 9.17) is 5.11 Å². The van der Waals surface area contributed by atoms with Gasteiger partial charge >= 0.3 is 0 Å². The summed E-state index contributed by atoms with van der Waals surface area (Å²) in [4.78, 5) is 0. The van der Waals surface area contributed by atoms with Gasteiger partial charge in [0.1, 0.15) is 5.82 Å². The smallest absolute Gasteiger partial charge is 0.128 e. The van der Waals surface area contributed by atoms with Crippen molar-refractivity contribution in [3.8, 4) is 0 Å². The highest BCUT2D eigenvalue weighted by Crippen LogP contribution is 2.23. The first-order valence-corrected chi connectivity index (χ1v) is 7.41. The van der Waals surface area contributed by atoms with Crippen LogP contribution in [0.2, 0.25) is 0 Å². The van der Waals surface area contributed by atoms with Gasteiger partial charge in [-0.1, -0.05) is 36.4 Å². The fourth-order valence-corrected chi connectivity index (χ4v) is 2.71. The number of nitrogens with zero attached hydrogens (tertiary/aromatic N) is 1. The number of aliphatic hydroxyl groups is 1. The van der Waals surface area contributed by atoms with Crippen molar-refractivity contribution in [2.24, 2.45) is 0 Å². The van der Waals surface area contributed by atoms with E-state index in [1.165, 1.54) is 6.07 Å². The molecule has 114 valence electrons. The number of benzene rings is 2. The van der Waals surface area contributed by atoms with Crippen molar-refractivity contribution in [1.29, 1.82) is 0 Å². The highest BCUT2D eigenvalue weighted by Gasteiger charge is 2.09. The average Bonchev–Trinajstić information content (AvgIpc) is 2.88. The Hall–Kier alpha value is -2.17. The van der Waals surface area contributed by atoms with Crippen molar-refractivity contribution in [3.63, 3.8) is 0 Å². The average molecular weight is 298 g/mol. The quantitative estimate of drug-likeness (QED) is 0.687. The highest BCUT2D eigenvalue weighted by molar-refractivity contribution is 5.84. The summed E-state index contributed by atoms with van der Waals surface area (Å²) in [7, 11) is 0. The van der Waals surface area contributed by atoms with Crippen LogP contribution in [0, 0.1) is 5.82 Å². The van der Waals surface area contributed by atoms with Gasteiger partial charge in [0.25, 0.3) is 0 Å². The summed E-state index contributed by atoms with van der Waals surface area (Å²) in [5, 5.41) is 13.2. The van der Waals surface area contributed by atoms with Gasteiger partial charge in [0, 0.05) is 35.8 Å². The lowest BCUT2D eigenvalue weighted by Gasteiger charge is -2.06. The molecule has 1 heterocycles. The molecule has 0 unspecified atom stereocenters. The number of halogens is 1. The number of fused-ring (bicyclic) bond motifs is 1. The zero-order chi connectivity index (χ0) is 15.4. The Kier molecular flexibility index (Phi) is 4.51. The van der Waals surface area contributed by atoms with E-state index in [2.05, 4.69) is 22.1 Å². The Morgan fingerprint density at radius 3 is 2.59 bits per heavy atom. The van der Waals surface area contributed by atoms with E-state index in [1.807, 2.05) is 30.3 Å². The maximum absolute atomic E-state index is 13.9. The van der Waals surface area contributed by atoms with E-state index < -0.39 is 0 Å². The molecule has 2 aromatic carbocycles. The summed E-state index contributed by atoms with van der Waals surface area (Å²) < 4.78 is 16.0. The second kappa shape index (κ2) is 6.73. The van der Waals surface area contributed by atoms with Gasteiger partial charge in [0.2, 0.25) is 0 Å². The minimum absolute atomic E-state index is 0.119. The van der Waals surface area contributed by atoms with Gasteiger partial charge in [-0.25, -0.2) is 4.39 Å². The molecule has 0 fully saturated rings. The normalized spacial score (nSPS) is 11.2. The Morgan fingerprint density at radius 2 is 1.77 bits per heavy atom. The number of aromatic nitrogens is 1. The maximum atomic E-state index is 13.9. The van der Waals surface area contributed by atoms with Crippen LogP contribution in [0.25, 0.3) is 10.9 Å². The molecular weight excluding hydrogens is 279 g/mol. The van der Waals surface area contributed by atoms with E-state index in [1.54, 1.807) is 6.07 Å². The van der Waals surface area contributed by atoms with Crippen molar-refractivity contribution >= 4 is 10.9 Å². The molecule has 0 spiro atoms. The minimum Gasteiger partial charge on any atom is -0.395 e. The largest absolute Gasteiger partial charge is 0.395 e. The molecule has 4 heteroatoms. The first kappa shape index (κ1) is 14.8. The van der Waals surface area contributed by atoms with Gasteiger partial charge in [-0.15, -0.1) is 0 Å². The van der Waals surface area contributed by atoms with Gasteiger partial charge in [0.15, 0.2) is 0 Å². The molecule has 0 aliphatic heterocycles. The monoisotopic (exact) mass is 298 g/mol. The van der Waals surface area contributed by atoms with Gasteiger partial charge in [-0.2, -0.15) is 0 Å².